The number of sulfone groups is 1. The Bertz CT molecular complexity index is 757. The van der Waals surface area contributed by atoms with Gasteiger partial charge in [-0.2, -0.15) is 5.10 Å². The summed E-state index contributed by atoms with van der Waals surface area (Å²) in [5.41, 5.74) is 0. The summed E-state index contributed by atoms with van der Waals surface area (Å²) >= 11 is 0. The van der Waals surface area contributed by atoms with Crippen LogP contribution in [0.5, 0.6) is 0 Å². The van der Waals surface area contributed by atoms with Gasteiger partial charge in [-0.3, -0.25) is 4.99 Å². The van der Waals surface area contributed by atoms with Crippen molar-refractivity contribution in [2.45, 2.75) is 64.5 Å². The Labute approximate surface area is 185 Å². The maximum absolute atomic E-state index is 12.2. The molecule has 1 atom stereocenters. The van der Waals surface area contributed by atoms with E-state index in [-0.39, 0.29) is 42.3 Å². The Morgan fingerprint density at radius 3 is 2.71 bits per heavy atom. The first kappa shape index (κ1) is 25.1. The first-order chi connectivity index (χ1) is 12.7. The van der Waals surface area contributed by atoms with Gasteiger partial charge in [0.15, 0.2) is 21.6 Å². The van der Waals surface area contributed by atoms with Gasteiger partial charge in [0, 0.05) is 26.1 Å². The minimum Gasteiger partial charge on any atom is -0.377 e. The van der Waals surface area contributed by atoms with Crippen LogP contribution in [0.3, 0.4) is 0 Å². The molecule has 28 heavy (non-hydrogen) atoms. The third-order valence-corrected chi connectivity index (χ3v) is 7.01. The number of aryl methyl sites for hydroxylation is 1. The quantitative estimate of drug-likeness (QED) is 0.310. The minimum atomic E-state index is -3.18. The molecule has 2 N–H and O–H groups in total. The van der Waals surface area contributed by atoms with Crippen LogP contribution in [0.25, 0.3) is 0 Å². The average Bonchev–Trinajstić information content (AvgIpc) is 2.95. The maximum atomic E-state index is 12.2. The van der Waals surface area contributed by atoms with E-state index in [9.17, 15) is 8.42 Å². The molecule has 1 aliphatic heterocycles. The summed E-state index contributed by atoms with van der Waals surface area (Å²) in [6, 6.07) is 0.159. The third kappa shape index (κ3) is 6.83. The van der Waals surface area contributed by atoms with Crippen molar-refractivity contribution < 1.29 is 13.2 Å². The predicted molar refractivity (Wildman–Crippen MR) is 121 cm³/mol. The summed E-state index contributed by atoms with van der Waals surface area (Å²) in [4.78, 5) is 8.92. The molecule has 0 amide bonds. The van der Waals surface area contributed by atoms with Crippen molar-refractivity contribution in [1.82, 2.24) is 25.4 Å². The van der Waals surface area contributed by atoms with Crippen LogP contribution in [0, 0.1) is 0 Å². The van der Waals surface area contributed by atoms with Crippen LogP contribution in [0.2, 0.25) is 0 Å². The molecule has 1 unspecified atom stereocenters. The van der Waals surface area contributed by atoms with Crippen LogP contribution in [0.4, 0.5) is 0 Å². The fourth-order valence-corrected chi connectivity index (χ4v) is 3.71. The van der Waals surface area contributed by atoms with Gasteiger partial charge in [0.2, 0.25) is 0 Å². The van der Waals surface area contributed by atoms with Crippen molar-refractivity contribution in [3.8, 4) is 0 Å². The van der Waals surface area contributed by atoms with Gasteiger partial charge in [0.05, 0.1) is 23.6 Å². The van der Waals surface area contributed by atoms with E-state index in [1.165, 1.54) is 0 Å². The smallest absolute Gasteiger partial charge is 0.191 e. The number of nitrogens with zero attached hydrogens (tertiary/aromatic N) is 4. The number of aliphatic imine (C=N–C) groups is 1. The molecule has 0 fully saturated rings. The number of hydrogen-bond acceptors (Lipinski definition) is 6. The molecule has 1 aromatic rings. The van der Waals surface area contributed by atoms with Crippen molar-refractivity contribution in [1.29, 1.82) is 0 Å². The van der Waals surface area contributed by atoms with Crippen LogP contribution in [0.1, 0.15) is 45.8 Å². The minimum absolute atomic E-state index is 0. The lowest BCUT2D eigenvalue weighted by molar-refractivity contribution is 0.177. The van der Waals surface area contributed by atoms with Crippen LogP contribution in [-0.4, -0.2) is 65.9 Å². The molecule has 1 aliphatic rings. The fraction of sp³-hybridized carbons (Fsp3) is 0.824. The van der Waals surface area contributed by atoms with E-state index < -0.39 is 14.6 Å². The van der Waals surface area contributed by atoms with E-state index in [1.807, 2.05) is 11.6 Å². The highest BCUT2D eigenvalue weighted by molar-refractivity contribution is 14.0. The van der Waals surface area contributed by atoms with Crippen molar-refractivity contribution in [2.75, 3.05) is 26.0 Å². The first-order valence-corrected chi connectivity index (χ1v) is 11.0. The molecule has 0 bridgehead atoms. The molecule has 9 nitrogen and oxygen atoms in total. The van der Waals surface area contributed by atoms with Gasteiger partial charge < -0.3 is 15.4 Å². The van der Waals surface area contributed by atoms with Crippen molar-refractivity contribution in [3.63, 3.8) is 0 Å². The molecule has 0 saturated carbocycles. The summed E-state index contributed by atoms with van der Waals surface area (Å²) < 4.78 is 30.7. The highest BCUT2D eigenvalue weighted by atomic mass is 127. The third-order valence-electron chi connectivity index (χ3n) is 4.42. The van der Waals surface area contributed by atoms with E-state index in [4.69, 9.17) is 4.74 Å². The maximum Gasteiger partial charge on any atom is 0.191 e. The van der Waals surface area contributed by atoms with Crippen molar-refractivity contribution in [3.05, 3.63) is 11.6 Å². The topological polar surface area (TPSA) is 110 Å². The zero-order valence-corrected chi connectivity index (χ0v) is 20.5. The molecule has 11 heteroatoms. The number of halogens is 1. The van der Waals surface area contributed by atoms with E-state index in [0.29, 0.717) is 31.5 Å². The van der Waals surface area contributed by atoms with Crippen molar-refractivity contribution in [2.24, 2.45) is 4.99 Å². The molecule has 0 aromatic carbocycles. The second-order valence-corrected chi connectivity index (χ2v) is 10.5. The van der Waals surface area contributed by atoms with E-state index in [0.717, 1.165) is 18.7 Å². The molecule has 162 valence electrons. The Morgan fingerprint density at radius 2 is 2.11 bits per heavy atom. The first-order valence-electron chi connectivity index (χ1n) is 9.35. The molecular formula is C17H33IN6O3S. The number of ether oxygens (including phenoxy) is 1. The van der Waals surface area contributed by atoms with Crippen LogP contribution in [-0.2, 0) is 34.1 Å². The van der Waals surface area contributed by atoms with Gasteiger partial charge in [-0.15, -0.1) is 24.0 Å². The predicted octanol–water partition coefficient (Wildman–Crippen LogP) is 1.13. The number of aromatic nitrogens is 3. The SMILES string of the molecule is CCNC(=NCCS(=O)(=O)C(C)(C)C)NC1CCc2nc(COC)nn2C1.I. The van der Waals surface area contributed by atoms with E-state index >= 15 is 0 Å². The normalized spacial score (nSPS) is 17.6. The second-order valence-electron chi connectivity index (χ2n) is 7.63. The number of nitrogens with one attached hydrogen (secondary N) is 2. The summed E-state index contributed by atoms with van der Waals surface area (Å²) in [7, 11) is -1.55. The summed E-state index contributed by atoms with van der Waals surface area (Å²) in [6.07, 6.45) is 1.74. The van der Waals surface area contributed by atoms with Gasteiger partial charge >= 0.3 is 0 Å². The van der Waals surface area contributed by atoms with Gasteiger partial charge in [-0.1, -0.05) is 0 Å². The van der Waals surface area contributed by atoms with Crippen LogP contribution >= 0.6 is 24.0 Å². The summed E-state index contributed by atoms with van der Waals surface area (Å²) in [5.74, 6) is 2.33. The monoisotopic (exact) mass is 528 g/mol. The number of fused-ring (bicyclic) bond motifs is 1. The lowest BCUT2D eigenvalue weighted by Gasteiger charge is -2.25. The zero-order chi connectivity index (χ0) is 20.1. The highest BCUT2D eigenvalue weighted by Crippen LogP contribution is 2.16. The Kier molecular flexibility index (Phi) is 9.60. The van der Waals surface area contributed by atoms with Gasteiger partial charge in [0.1, 0.15) is 12.4 Å². The van der Waals surface area contributed by atoms with Gasteiger partial charge in [-0.25, -0.2) is 18.1 Å². The summed E-state index contributed by atoms with van der Waals surface area (Å²) in [6.45, 7) is 9.16. The van der Waals surface area contributed by atoms with Gasteiger partial charge in [-0.05, 0) is 34.1 Å². The van der Waals surface area contributed by atoms with Gasteiger partial charge in [0.25, 0.3) is 0 Å². The average molecular weight is 528 g/mol. The fourth-order valence-electron chi connectivity index (χ4n) is 2.77. The van der Waals surface area contributed by atoms with E-state index in [2.05, 4.69) is 25.7 Å². The lowest BCUT2D eigenvalue weighted by Crippen LogP contribution is -2.47. The largest absolute Gasteiger partial charge is 0.377 e. The number of rotatable bonds is 7. The highest BCUT2D eigenvalue weighted by Gasteiger charge is 2.28. The lowest BCUT2D eigenvalue weighted by atomic mass is 10.1. The molecule has 0 radical (unpaired) electrons. The van der Waals surface area contributed by atoms with Crippen molar-refractivity contribution >= 4 is 39.8 Å². The van der Waals surface area contributed by atoms with Crippen LogP contribution in [0.15, 0.2) is 4.99 Å². The number of methoxy groups -OCH3 is 1. The van der Waals surface area contributed by atoms with E-state index in [1.54, 1.807) is 27.9 Å². The Balaban J connectivity index is 0.00000392. The Morgan fingerprint density at radius 1 is 1.39 bits per heavy atom. The summed E-state index contributed by atoms with van der Waals surface area (Å²) in [5, 5.41) is 11.0. The molecule has 1 aromatic heterocycles. The second kappa shape index (κ2) is 10.7. The number of guanidine groups is 1. The van der Waals surface area contributed by atoms with Crippen LogP contribution < -0.4 is 10.6 Å². The molecule has 0 saturated heterocycles. The zero-order valence-electron chi connectivity index (χ0n) is 17.4. The molecular weight excluding hydrogens is 495 g/mol. The standard InChI is InChI=1S/C17H32N6O3S.HI/c1-6-18-16(19-9-10-27(24,25)17(2,3)4)20-13-7-8-15-21-14(12-26-5)22-23(15)11-13;/h13H,6-12H2,1-5H3,(H2,18,19,20);1H. The molecule has 2 rings (SSSR count). The Hall–Kier alpha value is -0.950. The molecule has 0 spiro atoms. The molecule has 0 aliphatic carbocycles. The molecule has 2 heterocycles. The number of hydrogen-bond donors (Lipinski definition) is 2.